The Balaban J connectivity index is 2.10. The summed E-state index contributed by atoms with van der Waals surface area (Å²) >= 11 is 0. The number of sulfonamides is 1. The molecule has 0 saturated carbocycles. The van der Waals surface area contributed by atoms with Gasteiger partial charge in [-0.05, 0) is 24.3 Å². The van der Waals surface area contributed by atoms with Crippen molar-refractivity contribution < 1.29 is 18.0 Å². The van der Waals surface area contributed by atoms with Crippen LogP contribution in [0.3, 0.4) is 0 Å². The molecule has 2 rings (SSSR count). The Bertz CT molecular complexity index is 772. The molecule has 1 unspecified atom stereocenters. The minimum atomic E-state index is -3.25. The number of carbonyl (C=O) groups is 2. The lowest BCUT2D eigenvalue weighted by atomic mass is 10.0. The number of nitrogens with one attached hydrogen (secondary N) is 1. The SMILES string of the molecule is CC(C)CC(=O)NC(C(=O)N1CCC(N(C)S(C)(=O)=O)CC1)c1ccccc1. The Kier molecular flexibility index (Phi) is 7.60. The average molecular weight is 410 g/mol. The molecule has 2 amide bonds. The third-order valence-electron chi connectivity index (χ3n) is 5.09. The van der Waals surface area contributed by atoms with Crippen LogP contribution in [0, 0.1) is 5.92 Å². The largest absolute Gasteiger partial charge is 0.341 e. The number of rotatable bonds is 7. The van der Waals surface area contributed by atoms with Crippen LogP contribution < -0.4 is 5.32 Å². The predicted octanol–water partition coefficient (Wildman–Crippen LogP) is 1.77. The van der Waals surface area contributed by atoms with Crippen molar-refractivity contribution in [2.45, 2.75) is 45.2 Å². The number of carbonyl (C=O) groups excluding carboxylic acids is 2. The first-order valence-electron chi connectivity index (χ1n) is 9.65. The van der Waals surface area contributed by atoms with E-state index in [1.807, 2.05) is 44.2 Å². The van der Waals surface area contributed by atoms with Gasteiger partial charge >= 0.3 is 0 Å². The van der Waals surface area contributed by atoms with Crippen molar-refractivity contribution in [3.05, 3.63) is 35.9 Å². The summed E-state index contributed by atoms with van der Waals surface area (Å²) in [5, 5.41) is 2.88. The molecule has 1 aromatic carbocycles. The standard InChI is InChI=1S/C20H31N3O4S/c1-15(2)14-18(24)21-19(16-8-6-5-7-9-16)20(25)23-12-10-17(11-13-23)22(3)28(4,26)27/h5-9,15,17,19H,10-14H2,1-4H3,(H,21,24). The number of benzene rings is 1. The fourth-order valence-corrected chi connectivity index (χ4v) is 4.18. The lowest BCUT2D eigenvalue weighted by molar-refractivity contribution is -0.138. The normalized spacial score (nSPS) is 17.0. The topological polar surface area (TPSA) is 86.8 Å². The van der Waals surface area contributed by atoms with Crippen LogP contribution in [0.2, 0.25) is 0 Å². The van der Waals surface area contributed by atoms with Crippen LogP contribution in [-0.4, -0.2) is 61.9 Å². The van der Waals surface area contributed by atoms with Crippen molar-refractivity contribution in [3.63, 3.8) is 0 Å². The summed E-state index contributed by atoms with van der Waals surface area (Å²) in [5.41, 5.74) is 0.750. The second-order valence-corrected chi connectivity index (χ2v) is 9.89. The maximum atomic E-state index is 13.2. The van der Waals surface area contributed by atoms with Gasteiger partial charge in [0.25, 0.3) is 0 Å². The number of likely N-dealkylation sites (tertiary alicyclic amines) is 1. The Morgan fingerprint density at radius 2 is 1.75 bits per heavy atom. The van der Waals surface area contributed by atoms with E-state index in [2.05, 4.69) is 5.32 Å². The first-order chi connectivity index (χ1) is 13.1. The van der Waals surface area contributed by atoms with E-state index in [0.29, 0.717) is 32.4 Å². The molecule has 1 heterocycles. The molecule has 0 aliphatic carbocycles. The average Bonchev–Trinajstić information content (AvgIpc) is 2.64. The second kappa shape index (κ2) is 9.52. The second-order valence-electron chi connectivity index (χ2n) is 7.84. The van der Waals surface area contributed by atoms with Crippen molar-refractivity contribution in [2.75, 3.05) is 26.4 Å². The molecule has 1 aliphatic heterocycles. The molecule has 156 valence electrons. The molecule has 1 aliphatic rings. The molecule has 1 N–H and O–H groups in total. The van der Waals surface area contributed by atoms with Crippen molar-refractivity contribution in [3.8, 4) is 0 Å². The third-order valence-corrected chi connectivity index (χ3v) is 6.44. The van der Waals surface area contributed by atoms with E-state index in [9.17, 15) is 18.0 Å². The summed E-state index contributed by atoms with van der Waals surface area (Å²) in [4.78, 5) is 27.2. The van der Waals surface area contributed by atoms with Gasteiger partial charge in [0.05, 0.1) is 6.26 Å². The molecule has 1 fully saturated rings. The minimum Gasteiger partial charge on any atom is -0.341 e. The van der Waals surface area contributed by atoms with Gasteiger partial charge in [0, 0.05) is 32.6 Å². The van der Waals surface area contributed by atoms with E-state index in [-0.39, 0.29) is 23.8 Å². The third kappa shape index (κ3) is 6.04. The van der Waals surface area contributed by atoms with Crippen molar-refractivity contribution in [2.24, 2.45) is 5.92 Å². The summed E-state index contributed by atoms with van der Waals surface area (Å²) in [6.45, 7) is 4.85. The van der Waals surface area contributed by atoms with Crippen LogP contribution in [0.15, 0.2) is 30.3 Å². The fraction of sp³-hybridized carbons (Fsp3) is 0.600. The van der Waals surface area contributed by atoms with Crippen LogP contribution in [0.25, 0.3) is 0 Å². The van der Waals surface area contributed by atoms with Gasteiger partial charge in [0.15, 0.2) is 0 Å². The molecule has 7 nitrogen and oxygen atoms in total. The highest BCUT2D eigenvalue weighted by Crippen LogP contribution is 2.22. The maximum absolute atomic E-state index is 13.2. The monoisotopic (exact) mass is 409 g/mol. The maximum Gasteiger partial charge on any atom is 0.249 e. The highest BCUT2D eigenvalue weighted by Gasteiger charge is 2.33. The number of nitrogens with zero attached hydrogens (tertiary/aromatic N) is 2. The van der Waals surface area contributed by atoms with E-state index in [0.717, 1.165) is 5.56 Å². The Morgan fingerprint density at radius 3 is 2.25 bits per heavy atom. The Labute approximate surface area is 168 Å². The van der Waals surface area contributed by atoms with Gasteiger partial charge in [-0.25, -0.2) is 12.7 Å². The van der Waals surface area contributed by atoms with E-state index in [4.69, 9.17) is 0 Å². The lowest BCUT2D eigenvalue weighted by Gasteiger charge is -2.37. The first kappa shape index (κ1) is 22.4. The zero-order chi connectivity index (χ0) is 20.9. The van der Waals surface area contributed by atoms with Gasteiger partial charge < -0.3 is 10.2 Å². The summed E-state index contributed by atoms with van der Waals surface area (Å²) in [7, 11) is -1.67. The molecule has 8 heteroatoms. The zero-order valence-corrected chi connectivity index (χ0v) is 17.9. The number of hydrogen-bond donors (Lipinski definition) is 1. The zero-order valence-electron chi connectivity index (χ0n) is 17.1. The van der Waals surface area contributed by atoms with E-state index in [1.165, 1.54) is 10.6 Å². The van der Waals surface area contributed by atoms with Gasteiger partial charge in [0.1, 0.15) is 6.04 Å². The number of hydrogen-bond acceptors (Lipinski definition) is 4. The number of amides is 2. The predicted molar refractivity (Wildman–Crippen MR) is 109 cm³/mol. The molecule has 1 atom stereocenters. The van der Waals surface area contributed by atoms with Gasteiger partial charge in [-0.1, -0.05) is 44.2 Å². The highest BCUT2D eigenvalue weighted by molar-refractivity contribution is 7.88. The van der Waals surface area contributed by atoms with Crippen LogP contribution >= 0.6 is 0 Å². The molecular weight excluding hydrogens is 378 g/mol. The molecule has 0 spiro atoms. The van der Waals surface area contributed by atoms with Crippen molar-refractivity contribution in [1.82, 2.24) is 14.5 Å². The van der Waals surface area contributed by atoms with Crippen molar-refractivity contribution in [1.29, 1.82) is 0 Å². The van der Waals surface area contributed by atoms with E-state index >= 15 is 0 Å². The Hall–Kier alpha value is -1.93. The van der Waals surface area contributed by atoms with Crippen molar-refractivity contribution >= 4 is 21.8 Å². The van der Waals surface area contributed by atoms with E-state index in [1.54, 1.807) is 11.9 Å². The number of piperidine rings is 1. The summed E-state index contributed by atoms with van der Waals surface area (Å²) in [6.07, 6.45) is 2.71. The quantitative estimate of drug-likeness (QED) is 0.744. The highest BCUT2D eigenvalue weighted by atomic mass is 32.2. The van der Waals surface area contributed by atoms with Crippen LogP contribution in [-0.2, 0) is 19.6 Å². The first-order valence-corrected chi connectivity index (χ1v) is 11.5. The van der Waals surface area contributed by atoms with Gasteiger partial charge in [-0.2, -0.15) is 0 Å². The van der Waals surface area contributed by atoms with Crippen LogP contribution in [0.5, 0.6) is 0 Å². The molecule has 1 saturated heterocycles. The summed E-state index contributed by atoms with van der Waals surface area (Å²) in [6, 6.07) is 8.40. The fourth-order valence-electron chi connectivity index (χ4n) is 3.43. The van der Waals surface area contributed by atoms with E-state index < -0.39 is 16.1 Å². The smallest absolute Gasteiger partial charge is 0.249 e. The molecule has 28 heavy (non-hydrogen) atoms. The molecule has 0 aromatic heterocycles. The minimum absolute atomic E-state index is 0.107. The lowest BCUT2D eigenvalue weighted by Crippen LogP contribution is -2.50. The van der Waals surface area contributed by atoms with Gasteiger partial charge in [0.2, 0.25) is 21.8 Å². The molecule has 1 aromatic rings. The molecule has 0 bridgehead atoms. The molecular formula is C20H31N3O4S. The van der Waals surface area contributed by atoms with Gasteiger partial charge in [-0.3, -0.25) is 9.59 Å². The summed E-state index contributed by atoms with van der Waals surface area (Å²) in [5.74, 6) is -0.0959. The summed E-state index contributed by atoms with van der Waals surface area (Å²) < 4.78 is 24.9. The Morgan fingerprint density at radius 1 is 1.18 bits per heavy atom. The van der Waals surface area contributed by atoms with Crippen LogP contribution in [0.4, 0.5) is 0 Å². The van der Waals surface area contributed by atoms with Crippen LogP contribution in [0.1, 0.15) is 44.7 Å². The molecule has 0 radical (unpaired) electrons. The van der Waals surface area contributed by atoms with Gasteiger partial charge in [-0.15, -0.1) is 0 Å².